The first-order valence-corrected chi connectivity index (χ1v) is 8.68. The Balaban J connectivity index is 1.65. The molecule has 0 spiro atoms. The lowest BCUT2D eigenvalue weighted by atomic mass is 9.90. The smallest absolute Gasteiger partial charge is 0.242 e. The maximum absolute atomic E-state index is 12.8. The summed E-state index contributed by atoms with van der Waals surface area (Å²) in [4.78, 5) is 23.6. The molecule has 1 atom stereocenters. The summed E-state index contributed by atoms with van der Waals surface area (Å²) in [6.45, 7) is 1.63. The van der Waals surface area contributed by atoms with E-state index >= 15 is 0 Å². The van der Waals surface area contributed by atoms with Crippen molar-refractivity contribution in [3.63, 3.8) is 0 Å². The van der Waals surface area contributed by atoms with Gasteiger partial charge < -0.3 is 16.0 Å². The molecule has 1 saturated carbocycles. The lowest BCUT2D eigenvalue weighted by molar-refractivity contribution is -0.138. The summed E-state index contributed by atoms with van der Waals surface area (Å²) in [5.74, 6) is 1.43. The van der Waals surface area contributed by atoms with Crippen molar-refractivity contribution in [3.05, 3.63) is 18.1 Å². The third-order valence-corrected chi connectivity index (χ3v) is 5.22. The number of likely N-dealkylation sites (tertiary alicyclic amines) is 1. The van der Waals surface area contributed by atoms with Crippen LogP contribution in [0.1, 0.15) is 44.2 Å². The number of amides is 1. The van der Waals surface area contributed by atoms with Crippen LogP contribution in [0.5, 0.6) is 0 Å². The fourth-order valence-electron chi connectivity index (χ4n) is 3.95. The Kier molecular flexibility index (Phi) is 4.80. The summed E-state index contributed by atoms with van der Waals surface area (Å²) in [6.07, 6.45) is 10.3. The zero-order valence-electron chi connectivity index (χ0n) is 13.9. The third-order valence-electron chi connectivity index (χ3n) is 5.22. The van der Waals surface area contributed by atoms with Crippen LogP contribution in [0.4, 0.5) is 5.82 Å². The van der Waals surface area contributed by atoms with Crippen LogP contribution in [0.3, 0.4) is 0 Å². The Bertz CT molecular complexity index is 556. The standard InChI is InChI=1S/C17H27N5O/c1-19-15-14(20-8-9-21-15)11-13-5-4-10-22(12-13)16(23)17(18)6-2-3-7-17/h8-9,13H,2-7,10-12,18H2,1H3,(H,19,21)/t13-/m1/s1. The molecule has 0 aromatic carbocycles. The molecule has 3 N–H and O–H groups in total. The van der Waals surface area contributed by atoms with Crippen LogP contribution >= 0.6 is 0 Å². The fourth-order valence-corrected chi connectivity index (χ4v) is 3.95. The number of aromatic nitrogens is 2. The van der Waals surface area contributed by atoms with Gasteiger partial charge in [-0.15, -0.1) is 0 Å². The zero-order chi connectivity index (χ0) is 16.3. The van der Waals surface area contributed by atoms with Crippen LogP contribution in [0, 0.1) is 5.92 Å². The molecule has 1 aliphatic heterocycles. The molecule has 0 radical (unpaired) electrons. The number of nitrogens with zero attached hydrogens (tertiary/aromatic N) is 3. The first kappa shape index (κ1) is 16.2. The van der Waals surface area contributed by atoms with Gasteiger partial charge in [0.25, 0.3) is 0 Å². The van der Waals surface area contributed by atoms with E-state index in [-0.39, 0.29) is 5.91 Å². The van der Waals surface area contributed by atoms with Gasteiger partial charge in [0.05, 0.1) is 11.2 Å². The van der Waals surface area contributed by atoms with E-state index in [2.05, 4.69) is 15.3 Å². The minimum atomic E-state index is -0.607. The van der Waals surface area contributed by atoms with Gasteiger partial charge in [-0.3, -0.25) is 9.78 Å². The van der Waals surface area contributed by atoms with E-state index in [9.17, 15) is 4.79 Å². The van der Waals surface area contributed by atoms with Crippen LogP contribution in [0.2, 0.25) is 0 Å². The van der Waals surface area contributed by atoms with Crippen LogP contribution in [-0.4, -0.2) is 46.5 Å². The highest BCUT2D eigenvalue weighted by molar-refractivity contribution is 5.86. The van der Waals surface area contributed by atoms with Crippen molar-refractivity contribution in [1.29, 1.82) is 0 Å². The Labute approximate surface area is 137 Å². The molecule has 2 heterocycles. The van der Waals surface area contributed by atoms with Crippen molar-refractivity contribution in [2.24, 2.45) is 11.7 Å². The van der Waals surface area contributed by atoms with Crippen LogP contribution < -0.4 is 11.1 Å². The molecule has 0 unspecified atom stereocenters. The Hall–Kier alpha value is -1.69. The van der Waals surface area contributed by atoms with E-state index in [0.29, 0.717) is 5.92 Å². The molecule has 3 rings (SSSR count). The van der Waals surface area contributed by atoms with Gasteiger partial charge in [-0.05, 0) is 38.0 Å². The van der Waals surface area contributed by atoms with Gasteiger partial charge in [0.2, 0.25) is 5.91 Å². The molecule has 6 nitrogen and oxygen atoms in total. The number of hydrogen-bond donors (Lipinski definition) is 2. The van der Waals surface area contributed by atoms with Crippen LogP contribution in [-0.2, 0) is 11.2 Å². The first-order chi connectivity index (χ1) is 11.1. The Morgan fingerprint density at radius 2 is 2.09 bits per heavy atom. The SMILES string of the molecule is CNc1nccnc1C[C@H]1CCCN(C(=O)C2(N)CCCC2)C1. The van der Waals surface area contributed by atoms with Crippen molar-refractivity contribution in [2.45, 2.75) is 50.5 Å². The fraction of sp³-hybridized carbons (Fsp3) is 0.706. The van der Waals surface area contributed by atoms with Crippen molar-refractivity contribution in [2.75, 3.05) is 25.5 Å². The normalized spacial score (nSPS) is 23.7. The topological polar surface area (TPSA) is 84.1 Å². The predicted octanol–water partition coefficient (Wildman–Crippen LogP) is 1.57. The number of carbonyl (C=O) groups is 1. The summed E-state index contributed by atoms with van der Waals surface area (Å²) in [5.41, 5.74) is 6.73. The Morgan fingerprint density at radius 1 is 1.35 bits per heavy atom. The van der Waals surface area contributed by atoms with E-state index in [1.807, 2.05) is 11.9 Å². The largest absolute Gasteiger partial charge is 0.372 e. The number of nitrogens with one attached hydrogen (secondary N) is 1. The molecule has 6 heteroatoms. The monoisotopic (exact) mass is 317 g/mol. The number of piperidine rings is 1. The molecule has 1 amide bonds. The summed E-state index contributed by atoms with van der Waals surface area (Å²) in [7, 11) is 1.86. The highest BCUT2D eigenvalue weighted by Crippen LogP contribution is 2.31. The molecule has 1 saturated heterocycles. The quantitative estimate of drug-likeness (QED) is 0.880. The van der Waals surface area contributed by atoms with E-state index < -0.39 is 5.54 Å². The summed E-state index contributed by atoms with van der Waals surface area (Å²) in [6, 6.07) is 0. The van der Waals surface area contributed by atoms with Gasteiger partial charge in [0, 0.05) is 32.5 Å². The molecule has 1 aliphatic carbocycles. The predicted molar refractivity (Wildman–Crippen MR) is 90.0 cm³/mol. The van der Waals surface area contributed by atoms with E-state index in [0.717, 1.165) is 69.5 Å². The van der Waals surface area contributed by atoms with Gasteiger partial charge in [0.1, 0.15) is 5.82 Å². The lowest BCUT2D eigenvalue weighted by Gasteiger charge is -2.37. The molecular formula is C17H27N5O. The molecule has 1 aromatic heterocycles. The molecule has 1 aromatic rings. The van der Waals surface area contributed by atoms with Crippen molar-refractivity contribution in [1.82, 2.24) is 14.9 Å². The van der Waals surface area contributed by atoms with Gasteiger partial charge in [0.15, 0.2) is 0 Å². The second-order valence-electron chi connectivity index (χ2n) is 6.93. The number of anilines is 1. The van der Waals surface area contributed by atoms with E-state index in [4.69, 9.17) is 5.73 Å². The lowest BCUT2D eigenvalue weighted by Crippen LogP contribution is -2.55. The third kappa shape index (κ3) is 3.47. The van der Waals surface area contributed by atoms with E-state index in [1.54, 1.807) is 12.4 Å². The van der Waals surface area contributed by atoms with Crippen LogP contribution in [0.15, 0.2) is 12.4 Å². The molecule has 0 bridgehead atoms. The van der Waals surface area contributed by atoms with Gasteiger partial charge >= 0.3 is 0 Å². The summed E-state index contributed by atoms with van der Waals surface area (Å²) < 4.78 is 0. The van der Waals surface area contributed by atoms with Crippen molar-refractivity contribution >= 4 is 11.7 Å². The van der Waals surface area contributed by atoms with Crippen LogP contribution in [0.25, 0.3) is 0 Å². The number of hydrogen-bond acceptors (Lipinski definition) is 5. The molecule has 2 fully saturated rings. The molecule has 23 heavy (non-hydrogen) atoms. The first-order valence-electron chi connectivity index (χ1n) is 8.68. The highest BCUT2D eigenvalue weighted by Gasteiger charge is 2.41. The number of rotatable bonds is 4. The second-order valence-corrected chi connectivity index (χ2v) is 6.93. The van der Waals surface area contributed by atoms with Gasteiger partial charge in [-0.2, -0.15) is 0 Å². The second kappa shape index (κ2) is 6.83. The summed E-state index contributed by atoms with van der Waals surface area (Å²) >= 11 is 0. The maximum atomic E-state index is 12.8. The number of nitrogens with two attached hydrogens (primary N) is 1. The molecule has 126 valence electrons. The van der Waals surface area contributed by atoms with Gasteiger partial charge in [-0.1, -0.05) is 12.8 Å². The average molecular weight is 317 g/mol. The molecular weight excluding hydrogens is 290 g/mol. The van der Waals surface area contributed by atoms with Crippen molar-refractivity contribution < 1.29 is 4.79 Å². The zero-order valence-corrected chi connectivity index (χ0v) is 13.9. The Morgan fingerprint density at radius 3 is 2.83 bits per heavy atom. The van der Waals surface area contributed by atoms with Gasteiger partial charge in [-0.25, -0.2) is 4.98 Å². The highest BCUT2D eigenvalue weighted by atomic mass is 16.2. The average Bonchev–Trinajstić information content (AvgIpc) is 3.03. The maximum Gasteiger partial charge on any atom is 0.242 e. The van der Waals surface area contributed by atoms with Crippen molar-refractivity contribution in [3.8, 4) is 0 Å². The minimum Gasteiger partial charge on any atom is -0.372 e. The summed E-state index contributed by atoms with van der Waals surface area (Å²) in [5, 5.41) is 3.10. The minimum absolute atomic E-state index is 0.160. The van der Waals surface area contributed by atoms with E-state index in [1.165, 1.54) is 0 Å². The number of carbonyl (C=O) groups excluding carboxylic acids is 1. The molecule has 2 aliphatic rings.